The number of pyridine rings is 1. The molecule has 14 heteroatoms. The molecule has 0 saturated carbocycles. The molecular weight excluding hydrogens is 570 g/mol. The number of sulfonamides is 1. The van der Waals surface area contributed by atoms with Crippen molar-refractivity contribution in [1.29, 1.82) is 0 Å². The van der Waals surface area contributed by atoms with Crippen LogP contribution in [0.4, 0.5) is 17.1 Å². The summed E-state index contributed by atoms with van der Waals surface area (Å²) >= 11 is 5.76. The zero-order valence-electron chi connectivity index (χ0n) is 22.1. The van der Waals surface area contributed by atoms with Gasteiger partial charge in [-0.3, -0.25) is 19.8 Å². The number of benzene rings is 2. The van der Waals surface area contributed by atoms with Gasteiger partial charge in [0.25, 0.3) is 5.69 Å². The maximum absolute atomic E-state index is 11.8. The number of nitro benzene ring substituents is 1. The molecule has 5 rings (SSSR count). The Labute approximate surface area is 241 Å². The third-order valence-electron chi connectivity index (χ3n) is 6.44. The predicted octanol–water partition coefficient (Wildman–Crippen LogP) is 4.82. The van der Waals surface area contributed by atoms with Gasteiger partial charge in [0, 0.05) is 24.0 Å². The topological polar surface area (TPSA) is 149 Å². The first kappa shape index (κ1) is 27.9. The fourth-order valence-corrected chi connectivity index (χ4v) is 5.60. The van der Waals surface area contributed by atoms with Gasteiger partial charge < -0.3 is 24.1 Å². The van der Waals surface area contributed by atoms with Crippen molar-refractivity contribution < 1.29 is 27.2 Å². The van der Waals surface area contributed by atoms with Crippen LogP contribution in [0.25, 0.3) is 11.3 Å². The Balaban J connectivity index is 1.60. The van der Waals surface area contributed by atoms with Crippen LogP contribution in [0.1, 0.15) is 23.5 Å². The summed E-state index contributed by atoms with van der Waals surface area (Å²) in [5.74, 6) is 1.55. The van der Waals surface area contributed by atoms with Gasteiger partial charge in [0.1, 0.15) is 29.1 Å². The number of hydrogen-bond donors (Lipinski definition) is 2. The molecule has 1 aliphatic heterocycles. The maximum atomic E-state index is 11.8. The second kappa shape index (κ2) is 11.1. The van der Waals surface area contributed by atoms with Crippen LogP contribution >= 0.6 is 12.2 Å². The van der Waals surface area contributed by atoms with E-state index < -0.39 is 27.0 Å². The highest BCUT2D eigenvalue weighted by molar-refractivity contribution is 7.92. The van der Waals surface area contributed by atoms with Gasteiger partial charge in [0.2, 0.25) is 10.0 Å². The zero-order chi connectivity index (χ0) is 29.3. The van der Waals surface area contributed by atoms with Crippen LogP contribution in [0.15, 0.2) is 77.3 Å². The van der Waals surface area contributed by atoms with Crippen molar-refractivity contribution in [3.63, 3.8) is 0 Å². The highest BCUT2D eigenvalue weighted by Gasteiger charge is 2.43. The SMILES string of the molecule is COc1cc(N2C(=S)N[C@H](c3ccccn3)[C@H]2c2ccc(-c3ccc([N+](=O)[O-])cc3OC)o2)ccc1NS(C)(=O)=O. The minimum Gasteiger partial charge on any atom is -0.496 e. The Morgan fingerprint density at radius 1 is 1.07 bits per heavy atom. The van der Waals surface area contributed by atoms with E-state index in [-0.39, 0.29) is 17.1 Å². The molecule has 0 aliphatic carbocycles. The number of thiocarbonyl (C=S) groups is 1. The van der Waals surface area contributed by atoms with Crippen molar-refractivity contribution in [2.45, 2.75) is 12.1 Å². The Hall–Kier alpha value is -4.69. The minimum absolute atomic E-state index is 0.105. The molecule has 12 nitrogen and oxygen atoms in total. The summed E-state index contributed by atoms with van der Waals surface area (Å²) in [7, 11) is -0.667. The normalized spacial score (nSPS) is 16.8. The third kappa shape index (κ3) is 5.64. The number of methoxy groups -OCH3 is 2. The molecule has 1 saturated heterocycles. The Bertz CT molecular complexity index is 1730. The van der Waals surface area contributed by atoms with E-state index in [1.807, 2.05) is 23.1 Å². The van der Waals surface area contributed by atoms with E-state index in [1.165, 1.54) is 26.4 Å². The summed E-state index contributed by atoms with van der Waals surface area (Å²) in [5.41, 5.74) is 2.05. The smallest absolute Gasteiger partial charge is 0.273 e. The highest BCUT2D eigenvalue weighted by Crippen LogP contribution is 2.45. The van der Waals surface area contributed by atoms with Gasteiger partial charge in [-0.2, -0.15) is 0 Å². The summed E-state index contributed by atoms with van der Waals surface area (Å²) in [4.78, 5) is 17.1. The van der Waals surface area contributed by atoms with E-state index in [9.17, 15) is 18.5 Å². The minimum atomic E-state index is -3.54. The predicted molar refractivity (Wildman–Crippen MR) is 157 cm³/mol. The second-order valence-corrected chi connectivity index (χ2v) is 11.2. The lowest BCUT2D eigenvalue weighted by Gasteiger charge is -2.27. The number of nitrogens with zero attached hydrogens (tertiary/aromatic N) is 3. The number of non-ortho nitro benzene ring substituents is 1. The van der Waals surface area contributed by atoms with Crippen molar-refractivity contribution in [2.75, 3.05) is 30.1 Å². The van der Waals surface area contributed by atoms with Crippen LogP contribution < -0.4 is 24.4 Å². The molecule has 41 heavy (non-hydrogen) atoms. The van der Waals surface area contributed by atoms with Gasteiger partial charge in [-0.1, -0.05) is 6.07 Å². The number of rotatable bonds is 9. The summed E-state index contributed by atoms with van der Waals surface area (Å²) in [6.07, 6.45) is 2.74. The molecule has 2 aromatic heterocycles. The molecule has 0 radical (unpaired) electrons. The fraction of sp³-hybridized carbons (Fsp3) is 0.185. The molecule has 1 aliphatic rings. The summed E-state index contributed by atoms with van der Waals surface area (Å²) < 4.78 is 43.4. The van der Waals surface area contributed by atoms with Crippen LogP contribution in [0.2, 0.25) is 0 Å². The Kier molecular flexibility index (Phi) is 7.51. The number of nitrogens with one attached hydrogen (secondary N) is 2. The number of hydrogen-bond acceptors (Lipinski definition) is 9. The number of nitro groups is 1. The molecule has 1 fully saturated rings. The van der Waals surface area contributed by atoms with Gasteiger partial charge in [0.15, 0.2) is 5.11 Å². The highest BCUT2D eigenvalue weighted by atomic mass is 32.2. The Morgan fingerprint density at radius 2 is 1.85 bits per heavy atom. The van der Waals surface area contributed by atoms with Gasteiger partial charge >= 0.3 is 0 Å². The van der Waals surface area contributed by atoms with Crippen molar-refractivity contribution in [3.8, 4) is 22.8 Å². The van der Waals surface area contributed by atoms with Gasteiger partial charge in [0.05, 0.1) is 54.5 Å². The molecule has 0 bridgehead atoms. The number of furan rings is 1. The van der Waals surface area contributed by atoms with E-state index in [0.717, 1.165) is 11.9 Å². The van der Waals surface area contributed by atoms with E-state index >= 15 is 0 Å². The maximum Gasteiger partial charge on any atom is 0.273 e. The van der Waals surface area contributed by atoms with Crippen LogP contribution in [-0.4, -0.2) is 43.9 Å². The van der Waals surface area contributed by atoms with Crippen molar-refractivity contribution in [3.05, 3.63) is 94.5 Å². The van der Waals surface area contributed by atoms with Crippen molar-refractivity contribution in [2.24, 2.45) is 0 Å². The average molecular weight is 596 g/mol. The molecule has 0 amide bonds. The molecule has 2 aromatic carbocycles. The lowest BCUT2D eigenvalue weighted by molar-refractivity contribution is -0.384. The number of aromatic nitrogens is 1. The summed E-state index contributed by atoms with van der Waals surface area (Å²) in [5, 5.41) is 15.0. The van der Waals surface area contributed by atoms with Crippen LogP contribution in [0.3, 0.4) is 0 Å². The average Bonchev–Trinajstić information content (AvgIpc) is 3.57. The molecule has 2 atom stereocenters. The van der Waals surface area contributed by atoms with Gasteiger partial charge in [-0.25, -0.2) is 8.42 Å². The summed E-state index contributed by atoms with van der Waals surface area (Å²) in [6, 6.07) is 17.5. The Morgan fingerprint density at radius 3 is 2.51 bits per heavy atom. The lowest BCUT2D eigenvalue weighted by Crippen LogP contribution is -2.29. The molecule has 0 unspecified atom stereocenters. The quantitative estimate of drug-likeness (QED) is 0.156. The first-order valence-electron chi connectivity index (χ1n) is 12.2. The zero-order valence-corrected chi connectivity index (χ0v) is 23.7. The fourth-order valence-electron chi connectivity index (χ4n) is 4.69. The molecule has 4 aromatic rings. The molecule has 0 spiro atoms. The van der Waals surface area contributed by atoms with Gasteiger partial charge in [-0.05, 0) is 54.7 Å². The van der Waals surface area contributed by atoms with E-state index in [4.69, 9.17) is 26.1 Å². The second-order valence-electron chi connectivity index (χ2n) is 9.10. The largest absolute Gasteiger partial charge is 0.496 e. The molecule has 3 heterocycles. The molecular formula is C27H25N5O7S2. The molecule has 212 valence electrons. The third-order valence-corrected chi connectivity index (χ3v) is 7.34. The molecule has 2 N–H and O–H groups in total. The van der Waals surface area contributed by atoms with Crippen LogP contribution in [0, 0.1) is 10.1 Å². The van der Waals surface area contributed by atoms with Crippen LogP contribution in [0.5, 0.6) is 11.5 Å². The number of anilines is 2. The van der Waals surface area contributed by atoms with Crippen molar-refractivity contribution in [1.82, 2.24) is 10.3 Å². The first-order chi connectivity index (χ1) is 19.6. The standard InChI is InChI=1S/C27H25N5O7S2/c1-37-23-15-17(32(33)34)7-9-18(23)21-11-12-22(39-21)26-25(20-6-4-5-13-28-20)29-27(40)31(26)16-8-10-19(24(14-16)38-2)30-41(3,35)36/h4-15,25-26,30H,1-3H3,(H,29,40)/t25-,26-/m1/s1. The lowest BCUT2D eigenvalue weighted by atomic mass is 10.0. The van der Waals surface area contributed by atoms with Crippen LogP contribution in [-0.2, 0) is 10.0 Å². The van der Waals surface area contributed by atoms with E-state index in [1.54, 1.807) is 42.6 Å². The van der Waals surface area contributed by atoms with E-state index in [2.05, 4.69) is 15.0 Å². The summed E-state index contributed by atoms with van der Waals surface area (Å²) in [6.45, 7) is 0. The monoisotopic (exact) mass is 595 g/mol. The first-order valence-corrected chi connectivity index (χ1v) is 14.5. The van der Waals surface area contributed by atoms with Gasteiger partial charge in [-0.15, -0.1) is 0 Å². The van der Waals surface area contributed by atoms with Crippen molar-refractivity contribution >= 4 is 44.4 Å². The van der Waals surface area contributed by atoms with E-state index in [0.29, 0.717) is 33.6 Å². The number of ether oxygens (including phenoxy) is 2.